The normalized spacial score (nSPS) is 12.9. The molecule has 1 aliphatic rings. The highest BCUT2D eigenvalue weighted by Crippen LogP contribution is 2.41. The standard InChI is InChI=1S/C40H26N2O/c1-2-10-27(11-3-1)37-19-9-13-28-12-8-16-30(40(28)43-37)26-20-22-29(23-21-26)42-36-18-7-5-15-32(36)34-25-24-33-31-14-4-6-17-35(31)41-38(33)39(34)42/h1-12,14-18,20-25,41H,13H2. The van der Waals surface area contributed by atoms with Crippen molar-refractivity contribution in [3.05, 3.63) is 156 Å². The average Bonchev–Trinajstić information content (AvgIpc) is 3.52. The van der Waals surface area contributed by atoms with E-state index in [1.165, 1.54) is 32.6 Å². The van der Waals surface area contributed by atoms with E-state index >= 15 is 0 Å². The molecular formula is C40H26N2O. The molecule has 0 amide bonds. The first kappa shape index (κ1) is 23.9. The van der Waals surface area contributed by atoms with Crippen molar-refractivity contribution in [2.75, 3.05) is 0 Å². The van der Waals surface area contributed by atoms with Crippen molar-refractivity contribution < 1.29 is 4.74 Å². The molecule has 8 aromatic rings. The minimum Gasteiger partial charge on any atom is -0.447 e. The second-order valence-electron chi connectivity index (χ2n) is 11.1. The SMILES string of the molecule is C1=CCc2cccc(-c3ccc(-n4c5ccccc5c5ccc6c7ccccc7[nH]c6c54)cc3)c2OC=1c1ccccc1. The molecule has 1 aliphatic heterocycles. The van der Waals surface area contributed by atoms with Gasteiger partial charge in [0.1, 0.15) is 5.75 Å². The number of para-hydroxylation sites is 3. The molecule has 0 saturated carbocycles. The molecule has 0 spiro atoms. The van der Waals surface area contributed by atoms with Gasteiger partial charge < -0.3 is 14.3 Å². The van der Waals surface area contributed by atoms with E-state index < -0.39 is 0 Å². The number of nitrogens with one attached hydrogen (secondary N) is 1. The van der Waals surface area contributed by atoms with E-state index in [0.29, 0.717) is 0 Å². The van der Waals surface area contributed by atoms with E-state index in [0.717, 1.165) is 56.9 Å². The fourth-order valence-corrected chi connectivity index (χ4v) is 6.64. The summed E-state index contributed by atoms with van der Waals surface area (Å²) in [6.45, 7) is 0. The van der Waals surface area contributed by atoms with Crippen molar-refractivity contribution in [1.29, 1.82) is 0 Å². The minimum atomic E-state index is 0.746. The van der Waals surface area contributed by atoms with Gasteiger partial charge in [0.15, 0.2) is 5.76 Å². The highest BCUT2D eigenvalue weighted by atomic mass is 16.5. The van der Waals surface area contributed by atoms with Crippen LogP contribution >= 0.6 is 0 Å². The summed E-state index contributed by atoms with van der Waals surface area (Å²) in [4.78, 5) is 3.74. The monoisotopic (exact) mass is 550 g/mol. The van der Waals surface area contributed by atoms with Gasteiger partial charge in [0.2, 0.25) is 0 Å². The van der Waals surface area contributed by atoms with Gasteiger partial charge in [-0.15, -0.1) is 0 Å². The van der Waals surface area contributed by atoms with Crippen LogP contribution in [0.25, 0.3) is 66.2 Å². The van der Waals surface area contributed by atoms with E-state index in [-0.39, 0.29) is 0 Å². The van der Waals surface area contributed by atoms with Crippen molar-refractivity contribution in [2.24, 2.45) is 0 Å². The summed E-state index contributed by atoms with van der Waals surface area (Å²) in [5.41, 5.74) is 13.6. The smallest absolute Gasteiger partial charge is 0.176 e. The lowest BCUT2D eigenvalue weighted by molar-refractivity contribution is 0.514. The molecule has 0 radical (unpaired) electrons. The highest BCUT2D eigenvalue weighted by molar-refractivity contribution is 6.22. The van der Waals surface area contributed by atoms with Crippen LogP contribution in [0.3, 0.4) is 0 Å². The molecule has 3 heteroatoms. The van der Waals surface area contributed by atoms with Crippen LogP contribution in [0, 0.1) is 0 Å². The third kappa shape index (κ3) is 3.69. The van der Waals surface area contributed by atoms with Gasteiger partial charge in [-0.3, -0.25) is 0 Å². The fourth-order valence-electron chi connectivity index (χ4n) is 6.64. The molecule has 202 valence electrons. The van der Waals surface area contributed by atoms with Gasteiger partial charge in [-0.05, 0) is 41.5 Å². The molecule has 1 N–H and O–H groups in total. The number of aromatic amines is 1. The summed E-state index contributed by atoms with van der Waals surface area (Å²) in [6, 6.07) is 47.3. The Morgan fingerprint density at radius 1 is 0.605 bits per heavy atom. The minimum absolute atomic E-state index is 0.746. The lowest BCUT2D eigenvalue weighted by Crippen LogP contribution is -1.98. The van der Waals surface area contributed by atoms with Crippen LogP contribution in [0.5, 0.6) is 5.75 Å². The molecule has 0 fully saturated rings. The summed E-state index contributed by atoms with van der Waals surface area (Å²) >= 11 is 0. The van der Waals surface area contributed by atoms with Crippen LogP contribution in [-0.2, 0) is 6.42 Å². The fraction of sp³-hybridized carbons (Fsp3) is 0.0250. The Morgan fingerprint density at radius 2 is 1.37 bits per heavy atom. The first-order chi connectivity index (χ1) is 21.3. The van der Waals surface area contributed by atoms with Crippen molar-refractivity contribution in [2.45, 2.75) is 6.42 Å². The second kappa shape index (κ2) is 9.39. The maximum atomic E-state index is 6.59. The zero-order chi connectivity index (χ0) is 28.3. The largest absolute Gasteiger partial charge is 0.447 e. The summed E-state index contributed by atoms with van der Waals surface area (Å²) < 4.78 is 8.99. The Kier molecular flexibility index (Phi) is 5.22. The van der Waals surface area contributed by atoms with Gasteiger partial charge in [-0.25, -0.2) is 0 Å². The third-order valence-electron chi connectivity index (χ3n) is 8.64. The summed E-state index contributed by atoms with van der Waals surface area (Å²) in [7, 11) is 0. The Bertz CT molecular complexity index is 2420. The highest BCUT2D eigenvalue weighted by Gasteiger charge is 2.19. The van der Waals surface area contributed by atoms with Crippen molar-refractivity contribution in [3.8, 4) is 22.6 Å². The molecule has 0 atom stereocenters. The van der Waals surface area contributed by atoms with E-state index in [4.69, 9.17) is 4.74 Å². The molecule has 3 heterocycles. The van der Waals surface area contributed by atoms with E-state index in [2.05, 4.69) is 137 Å². The number of fused-ring (bicyclic) bond motifs is 8. The first-order valence-corrected chi connectivity index (χ1v) is 14.7. The van der Waals surface area contributed by atoms with Crippen molar-refractivity contribution >= 4 is 49.4 Å². The molecule has 6 aromatic carbocycles. The van der Waals surface area contributed by atoms with Gasteiger partial charge in [0, 0.05) is 50.3 Å². The van der Waals surface area contributed by atoms with Crippen molar-refractivity contribution in [1.82, 2.24) is 9.55 Å². The maximum absolute atomic E-state index is 6.59. The van der Waals surface area contributed by atoms with Crippen LogP contribution in [-0.4, -0.2) is 9.55 Å². The maximum Gasteiger partial charge on any atom is 0.176 e. The number of nitrogens with zero attached hydrogens (tertiary/aromatic N) is 1. The number of hydrogen-bond acceptors (Lipinski definition) is 1. The van der Waals surface area contributed by atoms with E-state index in [9.17, 15) is 0 Å². The topological polar surface area (TPSA) is 29.9 Å². The van der Waals surface area contributed by atoms with Gasteiger partial charge >= 0.3 is 0 Å². The number of H-pyrrole nitrogens is 1. The van der Waals surface area contributed by atoms with Gasteiger partial charge in [-0.2, -0.15) is 0 Å². The molecule has 0 saturated heterocycles. The Hall–Kier alpha value is -5.76. The predicted molar refractivity (Wildman–Crippen MR) is 178 cm³/mol. The zero-order valence-corrected chi connectivity index (χ0v) is 23.3. The van der Waals surface area contributed by atoms with Gasteiger partial charge in [-0.1, -0.05) is 115 Å². The molecule has 9 rings (SSSR count). The number of benzene rings is 6. The Morgan fingerprint density at radius 3 is 2.26 bits per heavy atom. The molecule has 0 bridgehead atoms. The van der Waals surface area contributed by atoms with Gasteiger partial charge in [0.05, 0.1) is 16.6 Å². The van der Waals surface area contributed by atoms with Crippen LogP contribution in [0.2, 0.25) is 0 Å². The molecular weight excluding hydrogens is 524 g/mol. The van der Waals surface area contributed by atoms with Crippen LogP contribution in [0.4, 0.5) is 0 Å². The quantitative estimate of drug-likeness (QED) is 0.218. The van der Waals surface area contributed by atoms with E-state index in [1.54, 1.807) is 0 Å². The Balaban J connectivity index is 1.20. The summed E-state index contributed by atoms with van der Waals surface area (Å²) in [5, 5.41) is 4.98. The molecule has 0 aliphatic carbocycles. The average molecular weight is 551 g/mol. The van der Waals surface area contributed by atoms with Crippen molar-refractivity contribution in [3.63, 3.8) is 0 Å². The molecule has 0 unspecified atom stereocenters. The van der Waals surface area contributed by atoms with Crippen LogP contribution in [0.1, 0.15) is 11.1 Å². The molecule has 2 aromatic heterocycles. The molecule has 43 heavy (non-hydrogen) atoms. The second-order valence-corrected chi connectivity index (χ2v) is 11.1. The number of hydrogen-bond donors (Lipinski definition) is 1. The third-order valence-corrected chi connectivity index (χ3v) is 8.64. The number of ether oxygens (including phenoxy) is 1. The lowest BCUT2D eigenvalue weighted by Gasteiger charge is -2.16. The lowest BCUT2D eigenvalue weighted by atomic mass is 9.99. The number of allylic oxidation sites excluding steroid dienone is 1. The Labute approximate surface area is 248 Å². The summed E-state index contributed by atoms with van der Waals surface area (Å²) in [5.74, 6) is 1.64. The number of rotatable bonds is 3. The predicted octanol–water partition coefficient (Wildman–Crippen LogP) is 10.2. The van der Waals surface area contributed by atoms with Gasteiger partial charge in [0.25, 0.3) is 0 Å². The van der Waals surface area contributed by atoms with Crippen LogP contribution in [0.15, 0.2) is 145 Å². The molecule has 3 nitrogen and oxygen atoms in total. The zero-order valence-electron chi connectivity index (χ0n) is 23.3. The number of aromatic nitrogens is 2. The summed E-state index contributed by atoms with van der Waals surface area (Å²) in [6.07, 6.45) is 2.84. The van der Waals surface area contributed by atoms with E-state index in [1.807, 2.05) is 18.2 Å². The van der Waals surface area contributed by atoms with Crippen LogP contribution < -0.4 is 4.74 Å². The first-order valence-electron chi connectivity index (χ1n) is 14.7.